The van der Waals surface area contributed by atoms with Gasteiger partial charge in [0.2, 0.25) is 0 Å². The molecule has 0 aliphatic carbocycles. The van der Waals surface area contributed by atoms with Gasteiger partial charge in [-0.15, -0.1) is 11.3 Å². The number of anilines is 1. The molecule has 0 unspecified atom stereocenters. The number of rotatable bonds is 6. The normalized spacial score (nSPS) is 11.0. The van der Waals surface area contributed by atoms with Gasteiger partial charge in [-0.2, -0.15) is 0 Å². The Labute approximate surface area is 131 Å². The molecule has 0 spiro atoms. The molecular weight excluding hydrogens is 338 g/mol. The minimum atomic E-state index is -0.0476. The van der Waals surface area contributed by atoms with E-state index in [0.29, 0.717) is 24.8 Å². The highest BCUT2D eigenvalue weighted by Crippen LogP contribution is 2.22. The first kappa shape index (κ1) is 15.3. The van der Waals surface area contributed by atoms with Crippen LogP contribution in [-0.2, 0) is 13.0 Å². The van der Waals surface area contributed by atoms with Gasteiger partial charge in [0.1, 0.15) is 0 Å². The van der Waals surface area contributed by atoms with Gasteiger partial charge < -0.3 is 9.88 Å². The summed E-state index contributed by atoms with van der Waals surface area (Å²) in [6.45, 7) is 5.61. The summed E-state index contributed by atoms with van der Waals surface area (Å²) in [7, 11) is 0. The zero-order chi connectivity index (χ0) is 14.5. The Balaban J connectivity index is 1.97. The summed E-state index contributed by atoms with van der Waals surface area (Å²) in [6.07, 6.45) is 4.30. The molecule has 0 aromatic carbocycles. The second kappa shape index (κ2) is 7.04. The van der Waals surface area contributed by atoms with Crippen LogP contribution in [0.3, 0.4) is 0 Å². The van der Waals surface area contributed by atoms with Gasteiger partial charge in [0.25, 0.3) is 5.56 Å². The number of halogens is 1. The van der Waals surface area contributed by atoms with Gasteiger partial charge in [-0.25, -0.2) is 4.98 Å². The van der Waals surface area contributed by atoms with E-state index < -0.39 is 0 Å². The summed E-state index contributed by atoms with van der Waals surface area (Å²) in [5, 5.41) is 3.13. The predicted molar refractivity (Wildman–Crippen MR) is 87.5 cm³/mol. The fraction of sp³-hybridized carbons (Fsp3) is 0.429. The molecule has 2 rings (SSSR count). The van der Waals surface area contributed by atoms with Crippen molar-refractivity contribution in [2.45, 2.75) is 26.8 Å². The molecule has 1 N–H and O–H groups in total. The lowest BCUT2D eigenvalue weighted by atomic mass is 10.2. The standard InChI is InChI=1S/C14H18BrN3OS/c1-10(2)9-18-8-7-17-13(14(18)19)16-6-5-11-3-4-12(15)20-11/h3-4,7-8,10H,5-6,9H2,1-2H3,(H,16,17). The second-order valence-corrected chi connectivity index (χ2v) is 7.56. The third kappa shape index (κ3) is 4.18. The first-order valence-corrected chi connectivity index (χ1v) is 8.20. The average molecular weight is 356 g/mol. The minimum Gasteiger partial charge on any atom is -0.365 e. The van der Waals surface area contributed by atoms with Crippen molar-refractivity contribution in [2.75, 3.05) is 11.9 Å². The van der Waals surface area contributed by atoms with Gasteiger partial charge in [-0.05, 0) is 40.4 Å². The van der Waals surface area contributed by atoms with Crippen molar-refractivity contribution in [2.24, 2.45) is 5.92 Å². The Bertz CT molecular complexity index is 621. The van der Waals surface area contributed by atoms with E-state index in [1.807, 2.05) is 6.07 Å². The number of nitrogens with zero attached hydrogens (tertiary/aromatic N) is 2. The van der Waals surface area contributed by atoms with Crippen molar-refractivity contribution in [1.29, 1.82) is 0 Å². The molecule has 0 radical (unpaired) electrons. The van der Waals surface area contributed by atoms with Crippen LogP contribution in [0.2, 0.25) is 0 Å². The van der Waals surface area contributed by atoms with Crippen LogP contribution >= 0.6 is 27.3 Å². The topological polar surface area (TPSA) is 46.9 Å². The zero-order valence-corrected chi connectivity index (χ0v) is 14.0. The van der Waals surface area contributed by atoms with E-state index in [2.05, 4.69) is 46.1 Å². The Hall–Kier alpha value is -1.14. The van der Waals surface area contributed by atoms with Crippen LogP contribution in [0.1, 0.15) is 18.7 Å². The zero-order valence-electron chi connectivity index (χ0n) is 11.6. The van der Waals surface area contributed by atoms with E-state index in [9.17, 15) is 4.79 Å². The monoisotopic (exact) mass is 355 g/mol. The highest BCUT2D eigenvalue weighted by Gasteiger charge is 2.06. The Kier molecular flexibility index (Phi) is 5.37. The van der Waals surface area contributed by atoms with Gasteiger partial charge in [0.05, 0.1) is 3.79 Å². The first-order valence-electron chi connectivity index (χ1n) is 6.60. The van der Waals surface area contributed by atoms with E-state index >= 15 is 0 Å². The summed E-state index contributed by atoms with van der Waals surface area (Å²) in [5.74, 6) is 0.871. The van der Waals surface area contributed by atoms with Crippen LogP contribution in [-0.4, -0.2) is 16.1 Å². The van der Waals surface area contributed by atoms with Crippen LogP contribution in [0.5, 0.6) is 0 Å². The Morgan fingerprint density at radius 2 is 2.25 bits per heavy atom. The van der Waals surface area contributed by atoms with E-state index in [-0.39, 0.29) is 5.56 Å². The van der Waals surface area contributed by atoms with Gasteiger partial charge in [-0.1, -0.05) is 13.8 Å². The molecule has 108 valence electrons. The SMILES string of the molecule is CC(C)Cn1ccnc(NCCc2ccc(Br)s2)c1=O. The van der Waals surface area contributed by atoms with Crippen LogP contribution < -0.4 is 10.9 Å². The predicted octanol–water partition coefficient (Wildman–Crippen LogP) is 3.38. The van der Waals surface area contributed by atoms with Crippen molar-refractivity contribution >= 4 is 33.1 Å². The fourth-order valence-corrected chi connectivity index (χ4v) is 3.38. The third-order valence-corrected chi connectivity index (χ3v) is 4.45. The van der Waals surface area contributed by atoms with Crippen molar-refractivity contribution < 1.29 is 0 Å². The largest absolute Gasteiger partial charge is 0.365 e. The molecule has 0 aliphatic rings. The summed E-state index contributed by atoms with van der Waals surface area (Å²) in [4.78, 5) is 17.6. The first-order chi connectivity index (χ1) is 9.56. The maximum absolute atomic E-state index is 12.2. The number of aromatic nitrogens is 2. The van der Waals surface area contributed by atoms with E-state index in [4.69, 9.17) is 0 Å². The highest BCUT2D eigenvalue weighted by atomic mass is 79.9. The smallest absolute Gasteiger partial charge is 0.293 e. The summed E-state index contributed by atoms with van der Waals surface area (Å²) < 4.78 is 2.84. The van der Waals surface area contributed by atoms with E-state index in [0.717, 1.165) is 10.2 Å². The molecule has 0 bridgehead atoms. The summed E-state index contributed by atoms with van der Waals surface area (Å²) >= 11 is 5.16. The van der Waals surface area contributed by atoms with Crippen LogP contribution in [0.15, 0.2) is 33.1 Å². The van der Waals surface area contributed by atoms with Crippen molar-refractivity contribution in [1.82, 2.24) is 9.55 Å². The maximum atomic E-state index is 12.2. The van der Waals surface area contributed by atoms with Gasteiger partial charge in [0, 0.05) is 30.4 Å². The average Bonchev–Trinajstić information content (AvgIpc) is 2.79. The second-order valence-electron chi connectivity index (χ2n) is 5.01. The van der Waals surface area contributed by atoms with Crippen molar-refractivity contribution in [3.63, 3.8) is 0 Å². The number of thiophene rings is 1. The molecule has 2 heterocycles. The molecule has 4 nitrogen and oxygen atoms in total. The summed E-state index contributed by atoms with van der Waals surface area (Å²) in [5.41, 5.74) is -0.0476. The number of hydrogen-bond acceptors (Lipinski definition) is 4. The minimum absolute atomic E-state index is 0.0476. The van der Waals surface area contributed by atoms with Crippen molar-refractivity contribution in [3.8, 4) is 0 Å². The molecule has 2 aromatic rings. The van der Waals surface area contributed by atoms with Crippen molar-refractivity contribution in [3.05, 3.63) is 43.5 Å². The molecule has 2 aromatic heterocycles. The maximum Gasteiger partial charge on any atom is 0.293 e. The van der Waals surface area contributed by atoms with Crippen LogP contribution in [0.25, 0.3) is 0 Å². The Morgan fingerprint density at radius 1 is 1.45 bits per heavy atom. The van der Waals surface area contributed by atoms with Gasteiger partial charge in [0.15, 0.2) is 5.82 Å². The third-order valence-electron chi connectivity index (χ3n) is 2.77. The molecule has 0 amide bonds. The van der Waals surface area contributed by atoms with E-state index in [1.54, 1.807) is 28.3 Å². The lowest BCUT2D eigenvalue weighted by Gasteiger charge is -2.10. The number of hydrogen-bond donors (Lipinski definition) is 1. The molecule has 20 heavy (non-hydrogen) atoms. The summed E-state index contributed by atoms with van der Waals surface area (Å²) in [6, 6.07) is 4.13. The molecule has 6 heteroatoms. The fourth-order valence-electron chi connectivity index (χ4n) is 1.90. The lowest BCUT2D eigenvalue weighted by Crippen LogP contribution is -2.26. The highest BCUT2D eigenvalue weighted by molar-refractivity contribution is 9.11. The number of nitrogens with one attached hydrogen (secondary N) is 1. The molecular formula is C14H18BrN3OS. The molecule has 0 atom stereocenters. The lowest BCUT2D eigenvalue weighted by molar-refractivity contribution is 0.509. The van der Waals surface area contributed by atoms with E-state index in [1.165, 1.54) is 4.88 Å². The molecule has 0 saturated heterocycles. The van der Waals surface area contributed by atoms with Gasteiger partial charge >= 0.3 is 0 Å². The Morgan fingerprint density at radius 3 is 2.90 bits per heavy atom. The molecule has 0 aliphatic heterocycles. The quantitative estimate of drug-likeness (QED) is 0.863. The molecule has 0 fully saturated rings. The van der Waals surface area contributed by atoms with Gasteiger partial charge in [-0.3, -0.25) is 4.79 Å². The molecule has 0 saturated carbocycles. The van der Waals surface area contributed by atoms with Crippen LogP contribution in [0, 0.1) is 5.92 Å². The van der Waals surface area contributed by atoms with Crippen LogP contribution in [0.4, 0.5) is 5.82 Å².